The topological polar surface area (TPSA) is 0 Å². The summed E-state index contributed by atoms with van der Waals surface area (Å²) < 4.78 is 14.9. The van der Waals surface area contributed by atoms with Crippen molar-refractivity contribution in [2.45, 2.75) is 4.83 Å². The Morgan fingerprint density at radius 2 is 1.74 bits per heavy atom. The van der Waals surface area contributed by atoms with Gasteiger partial charge < -0.3 is 0 Å². The average molecular weight is 400 g/mol. The summed E-state index contributed by atoms with van der Waals surface area (Å²) in [5, 5.41) is 3.65. The van der Waals surface area contributed by atoms with Gasteiger partial charge in [-0.15, -0.1) is 11.3 Å². The third-order valence-corrected chi connectivity index (χ3v) is 6.24. The summed E-state index contributed by atoms with van der Waals surface area (Å²) in [5.41, 5.74) is 1.08. The minimum Gasteiger partial charge on any atom is -0.206 e. The molecule has 0 radical (unpaired) electrons. The summed E-state index contributed by atoms with van der Waals surface area (Å²) in [6.45, 7) is 0. The van der Waals surface area contributed by atoms with E-state index in [0.29, 0.717) is 5.39 Å². The number of alkyl halides is 1. The molecular weight excluding hydrogens is 391 g/mol. The number of fused-ring (bicyclic) bond motifs is 1. The standard InChI is InChI=1S/C15H9Br2FS/c16-12-7-8-19-15(12)14(17)11-5-6-13(18)10-4-2-1-3-9(10)11/h1-8,14H. The van der Waals surface area contributed by atoms with Crippen LogP contribution in [0.4, 0.5) is 4.39 Å². The van der Waals surface area contributed by atoms with Crippen molar-refractivity contribution in [2.24, 2.45) is 0 Å². The maximum Gasteiger partial charge on any atom is 0.131 e. The van der Waals surface area contributed by atoms with E-state index in [1.54, 1.807) is 11.3 Å². The second-order valence-electron chi connectivity index (χ2n) is 4.18. The van der Waals surface area contributed by atoms with Gasteiger partial charge in [0.15, 0.2) is 0 Å². The van der Waals surface area contributed by atoms with Crippen molar-refractivity contribution in [1.82, 2.24) is 0 Å². The van der Waals surface area contributed by atoms with E-state index in [0.717, 1.165) is 15.4 Å². The lowest BCUT2D eigenvalue weighted by molar-refractivity contribution is 0.639. The minimum absolute atomic E-state index is 0.0624. The van der Waals surface area contributed by atoms with E-state index < -0.39 is 0 Å². The van der Waals surface area contributed by atoms with Gasteiger partial charge in [-0.3, -0.25) is 0 Å². The number of hydrogen-bond acceptors (Lipinski definition) is 1. The van der Waals surface area contributed by atoms with E-state index in [9.17, 15) is 4.39 Å². The molecule has 1 heterocycles. The molecule has 1 aromatic heterocycles. The maximum absolute atomic E-state index is 13.8. The van der Waals surface area contributed by atoms with Crippen LogP contribution < -0.4 is 0 Å². The highest BCUT2D eigenvalue weighted by atomic mass is 79.9. The summed E-state index contributed by atoms with van der Waals surface area (Å²) in [5.74, 6) is -0.177. The first-order valence-electron chi connectivity index (χ1n) is 5.72. The molecule has 3 rings (SSSR count). The molecule has 1 atom stereocenters. The zero-order valence-electron chi connectivity index (χ0n) is 9.74. The second kappa shape index (κ2) is 5.35. The molecule has 2 aromatic carbocycles. The Bertz CT molecular complexity index is 736. The average Bonchev–Trinajstić information content (AvgIpc) is 2.85. The predicted molar refractivity (Wildman–Crippen MR) is 86.7 cm³/mol. The number of hydrogen-bond donors (Lipinski definition) is 0. The van der Waals surface area contributed by atoms with Crippen molar-refractivity contribution in [1.29, 1.82) is 0 Å². The van der Waals surface area contributed by atoms with Crippen molar-refractivity contribution < 1.29 is 4.39 Å². The van der Waals surface area contributed by atoms with Crippen molar-refractivity contribution in [3.8, 4) is 0 Å². The van der Waals surface area contributed by atoms with Gasteiger partial charge in [0.05, 0.1) is 4.83 Å². The smallest absolute Gasteiger partial charge is 0.131 e. The van der Waals surface area contributed by atoms with Crippen LogP contribution in [0.25, 0.3) is 10.8 Å². The van der Waals surface area contributed by atoms with E-state index in [-0.39, 0.29) is 10.6 Å². The molecule has 1 unspecified atom stereocenters. The molecule has 0 fully saturated rings. The maximum atomic E-state index is 13.8. The molecule has 4 heteroatoms. The van der Waals surface area contributed by atoms with E-state index in [1.807, 2.05) is 41.8 Å². The molecule has 0 saturated carbocycles. The first-order valence-corrected chi connectivity index (χ1v) is 8.31. The van der Waals surface area contributed by atoms with Crippen LogP contribution in [0.15, 0.2) is 52.3 Å². The lowest BCUT2D eigenvalue weighted by Crippen LogP contribution is -1.93. The van der Waals surface area contributed by atoms with E-state index >= 15 is 0 Å². The Labute approximate surface area is 131 Å². The molecule has 19 heavy (non-hydrogen) atoms. The Hall–Kier alpha value is -0.710. The molecule has 96 valence electrons. The van der Waals surface area contributed by atoms with E-state index in [2.05, 4.69) is 31.9 Å². The first kappa shape index (κ1) is 13.3. The van der Waals surface area contributed by atoms with E-state index in [4.69, 9.17) is 0 Å². The Morgan fingerprint density at radius 3 is 2.42 bits per heavy atom. The molecular formula is C15H9Br2FS. The second-order valence-corrected chi connectivity index (χ2v) is 6.90. The SMILES string of the molecule is Fc1ccc(C(Br)c2sccc2Br)c2ccccc12. The van der Waals surface area contributed by atoms with Gasteiger partial charge in [0.1, 0.15) is 5.82 Å². The number of benzene rings is 2. The van der Waals surface area contributed by atoms with Crippen molar-refractivity contribution in [3.05, 3.63) is 68.6 Å². The number of thiophene rings is 1. The van der Waals surface area contributed by atoms with Gasteiger partial charge in [-0.05, 0) is 44.4 Å². The molecule has 0 amide bonds. The Morgan fingerprint density at radius 1 is 1.00 bits per heavy atom. The van der Waals surface area contributed by atoms with Crippen LogP contribution in [-0.2, 0) is 0 Å². The van der Waals surface area contributed by atoms with Gasteiger partial charge in [-0.25, -0.2) is 4.39 Å². The van der Waals surface area contributed by atoms with Gasteiger partial charge in [-0.1, -0.05) is 46.3 Å². The van der Waals surface area contributed by atoms with Crippen molar-refractivity contribution in [3.63, 3.8) is 0 Å². The first-order chi connectivity index (χ1) is 9.18. The molecule has 0 spiro atoms. The molecule has 0 N–H and O–H groups in total. The minimum atomic E-state index is -0.177. The normalized spacial score (nSPS) is 12.8. The Kier molecular flexibility index (Phi) is 3.74. The van der Waals surface area contributed by atoms with Crippen LogP contribution in [0, 0.1) is 5.82 Å². The molecule has 0 nitrogen and oxygen atoms in total. The largest absolute Gasteiger partial charge is 0.206 e. The van der Waals surface area contributed by atoms with Gasteiger partial charge in [-0.2, -0.15) is 0 Å². The number of rotatable bonds is 2. The van der Waals surface area contributed by atoms with Crippen molar-refractivity contribution >= 4 is 54.0 Å². The van der Waals surface area contributed by atoms with E-state index in [1.165, 1.54) is 10.9 Å². The zero-order valence-corrected chi connectivity index (χ0v) is 13.7. The molecule has 0 aliphatic carbocycles. The van der Waals surface area contributed by atoms with Crippen LogP contribution in [0.2, 0.25) is 0 Å². The fourth-order valence-electron chi connectivity index (χ4n) is 2.13. The lowest BCUT2D eigenvalue weighted by Gasteiger charge is -2.13. The molecule has 0 saturated heterocycles. The highest BCUT2D eigenvalue weighted by molar-refractivity contribution is 9.11. The van der Waals surface area contributed by atoms with Crippen LogP contribution in [0.3, 0.4) is 0 Å². The predicted octanol–water partition coefficient (Wildman–Crippen LogP) is 6.29. The van der Waals surface area contributed by atoms with Crippen LogP contribution in [0.1, 0.15) is 15.3 Å². The van der Waals surface area contributed by atoms with Crippen molar-refractivity contribution in [2.75, 3.05) is 0 Å². The van der Waals surface area contributed by atoms with Crippen LogP contribution in [-0.4, -0.2) is 0 Å². The molecule has 0 bridgehead atoms. The Balaban J connectivity index is 2.21. The van der Waals surface area contributed by atoms with Crippen LogP contribution >= 0.6 is 43.2 Å². The fraction of sp³-hybridized carbons (Fsp3) is 0.0667. The van der Waals surface area contributed by atoms with Crippen LogP contribution in [0.5, 0.6) is 0 Å². The lowest BCUT2D eigenvalue weighted by atomic mass is 10.0. The summed E-state index contributed by atoms with van der Waals surface area (Å²) >= 11 is 8.95. The van der Waals surface area contributed by atoms with Gasteiger partial charge in [0.2, 0.25) is 0 Å². The highest BCUT2D eigenvalue weighted by Crippen LogP contribution is 2.41. The van der Waals surface area contributed by atoms with Gasteiger partial charge >= 0.3 is 0 Å². The monoisotopic (exact) mass is 398 g/mol. The molecule has 3 aromatic rings. The quantitative estimate of drug-likeness (QED) is 0.444. The summed E-state index contributed by atoms with van der Waals surface area (Å²) in [6, 6.07) is 13.0. The summed E-state index contributed by atoms with van der Waals surface area (Å²) in [7, 11) is 0. The van der Waals surface area contributed by atoms with Gasteiger partial charge in [0.25, 0.3) is 0 Å². The third-order valence-electron chi connectivity index (χ3n) is 3.05. The molecule has 0 aliphatic rings. The van der Waals surface area contributed by atoms with Gasteiger partial charge in [0, 0.05) is 14.7 Å². The third kappa shape index (κ3) is 2.37. The highest BCUT2D eigenvalue weighted by Gasteiger charge is 2.18. The molecule has 0 aliphatic heterocycles. The zero-order chi connectivity index (χ0) is 13.4. The number of halogens is 3. The summed E-state index contributed by atoms with van der Waals surface area (Å²) in [4.78, 5) is 1.25. The fourth-order valence-corrected chi connectivity index (χ4v) is 5.01. The summed E-state index contributed by atoms with van der Waals surface area (Å²) in [6.07, 6.45) is 0.